The first-order valence-corrected chi connectivity index (χ1v) is 2.19. The van der Waals surface area contributed by atoms with Gasteiger partial charge in [-0.3, -0.25) is 4.99 Å². The number of allylic oxidation sites excluding steroid dienone is 1. The maximum atomic E-state index is 8.60. The van der Waals surface area contributed by atoms with Crippen molar-refractivity contribution in [1.29, 1.82) is 0 Å². The summed E-state index contributed by atoms with van der Waals surface area (Å²) in [5.41, 5.74) is 0.639. The molecule has 0 fully saturated rings. The zero-order valence-corrected chi connectivity index (χ0v) is 4.89. The molecule has 0 aliphatic heterocycles. The Morgan fingerprint density at radius 1 is 1.75 bits per heavy atom. The Morgan fingerprint density at radius 2 is 2.25 bits per heavy atom. The van der Waals surface area contributed by atoms with Crippen LogP contribution >= 0.6 is 0 Å². The molecule has 0 bridgehead atoms. The third-order valence-corrected chi connectivity index (χ3v) is 0.740. The Kier molecular flexibility index (Phi) is 2.62. The van der Waals surface area contributed by atoms with E-state index >= 15 is 0 Å². The summed E-state index contributed by atoms with van der Waals surface area (Å²) in [6.45, 7) is 8.18. The van der Waals surface area contributed by atoms with Crippen molar-refractivity contribution in [3.63, 3.8) is 0 Å². The molecule has 0 amide bonds. The SMILES string of the molecule is C=N/C=C(/C)C(=C)O. The molecule has 0 unspecified atom stereocenters. The quantitative estimate of drug-likeness (QED) is 0.328. The van der Waals surface area contributed by atoms with Crippen LogP contribution in [0, 0.1) is 0 Å². The fourth-order valence-corrected chi connectivity index (χ4v) is 0.211. The molecule has 0 saturated heterocycles. The molecular weight excluding hydrogens is 102 g/mol. The van der Waals surface area contributed by atoms with E-state index < -0.39 is 0 Å². The van der Waals surface area contributed by atoms with Crippen LogP contribution in [0.3, 0.4) is 0 Å². The average molecular weight is 111 g/mol. The van der Waals surface area contributed by atoms with Gasteiger partial charge in [0.15, 0.2) is 0 Å². The number of nitrogens with zero attached hydrogens (tertiary/aromatic N) is 1. The lowest BCUT2D eigenvalue weighted by atomic mass is 10.3. The molecule has 0 aliphatic carbocycles. The molecule has 1 N–H and O–H groups in total. The van der Waals surface area contributed by atoms with Gasteiger partial charge in [0, 0.05) is 11.8 Å². The van der Waals surface area contributed by atoms with Gasteiger partial charge in [-0.25, -0.2) is 0 Å². The lowest BCUT2D eigenvalue weighted by Gasteiger charge is -1.91. The summed E-state index contributed by atoms with van der Waals surface area (Å²) in [7, 11) is 0. The van der Waals surface area contributed by atoms with Crippen LogP contribution in [0.5, 0.6) is 0 Å². The van der Waals surface area contributed by atoms with E-state index in [0.29, 0.717) is 5.57 Å². The van der Waals surface area contributed by atoms with Crippen molar-refractivity contribution in [2.75, 3.05) is 0 Å². The second kappa shape index (κ2) is 3.02. The Hall–Kier alpha value is -1.05. The third-order valence-electron chi connectivity index (χ3n) is 0.740. The minimum atomic E-state index is 0.0393. The number of aliphatic hydroxyl groups excluding tert-OH is 1. The van der Waals surface area contributed by atoms with E-state index in [4.69, 9.17) is 5.11 Å². The zero-order valence-electron chi connectivity index (χ0n) is 4.89. The molecule has 8 heavy (non-hydrogen) atoms. The van der Waals surface area contributed by atoms with Gasteiger partial charge in [-0.05, 0) is 13.6 Å². The van der Waals surface area contributed by atoms with Gasteiger partial charge in [0.2, 0.25) is 0 Å². The van der Waals surface area contributed by atoms with E-state index in [1.165, 1.54) is 6.20 Å². The molecule has 0 atom stereocenters. The first-order chi connectivity index (χ1) is 3.68. The summed E-state index contributed by atoms with van der Waals surface area (Å²) in [5.74, 6) is 0.0393. The molecule has 0 rings (SSSR count). The third kappa shape index (κ3) is 2.18. The monoisotopic (exact) mass is 111 g/mol. The first kappa shape index (κ1) is 6.95. The van der Waals surface area contributed by atoms with Gasteiger partial charge in [0.25, 0.3) is 0 Å². The molecule has 0 radical (unpaired) electrons. The van der Waals surface area contributed by atoms with Gasteiger partial charge in [-0.1, -0.05) is 6.58 Å². The molecule has 0 aromatic carbocycles. The van der Waals surface area contributed by atoms with E-state index in [-0.39, 0.29) is 5.76 Å². The maximum Gasteiger partial charge on any atom is 0.112 e. The molecule has 44 valence electrons. The molecule has 2 heteroatoms. The predicted octanol–water partition coefficient (Wildman–Crippen LogP) is 1.66. The summed E-state index contributed by atoms with van der Waals surface area (Å²) in [6, 6.07) is 0. The van der Waals surface area contributed by atoms with E-state index in [1.807, 2.05) is 0 Å². The van der Waals surface area contributed by atoms with Gasteiger partial charge < -0.3 is 5.11 Å². The fraction of sp³-hybridized carbons (Fsp3) is 0.167. The van der Waals surface area contributed by atoms with Crippen molar-refractivity contribution >= 4 is 6.72 Å². The summed E-state index contributed by atoms with van der Waals surface area (Å²) >= 11 is 0. The number of hydrogen-bond acceptors (Lipinski definition) is 2. The van der Waals surface area contributed by atoms with Gasteiger partial charge in [-0.2, -0.15) is 0 Å². The zero-order chi connectivity index (χ0) is 6.57. The van der Waals surface area contributed by atoms with Crippen molar-refractivity contribution in [3.8, 4) is 0 Å². The maximum absolute atomic E-state index is 8.60. The number of aliphatic hydroxyl groups is 1. The number of hydrogen-bond donors (Lipinski definition) is 1. The van der Waals surface area contributed by atoms with Crippen LogP contribution < -0.4 is 0 Å². The average Bonchev–Trinajstić information content (AvgIpc) is 1.67. The van der Waals surface area contributed by atoms with E-state index in [9.17, 15) is 0 Å². The Morgan fingerprint density at radius 3 is 2.38 bits per heavy atom. The second-order valence-corrected chi connectivity index (χ2v) is 1.44. The molecule has 0 aliphatic rings. The van der Waals surface area contributed by atoms with E-state index in [1.54, 1.807) is 6.92 Å². The highest BCUT2D eigenvalue weighted by Crippen LogP contribution is 2.00. The smallest absolute Gasteiger partial charge is 0.112 e. The minimum Gasteiger partial charge on any atom is -0.508 e. The highest BCUT2D eigenvalue weighted by Gasteiger charge is 1.86. The number of aliphatic imine (C=N–C) groups is 1. The van der Waals surface area contributed by atoms with Crippen molar-refractivity contribution in [3.05, 3.63) is 24.1 Å². The number of rotatable bonds is 2. The Balaban J connectivity index is 3.99. The summed E-state index contributed by atoms with van der Waals surface area (Å²) in [5, 5.41) is 8.60. The predicted molar refractivity (Wildman–Crippen MR) is 35.1 cm³/mol. The standard InChI is InChI=1S/C6H9NO/c1-5(4-7-3)6(2)8/h4,8H,2-3H2,1H3/b5-4-. The largest absolute Gasteiger partial charge is 0.508 e. The topological polar surface area (TPSA) is 32.6 Å². The summed E-state index contributed by atoms with van der Waals surface area (Å²) < 4.78 is 0. The van der Waals surface area contributed by atoms with Gasteiger partial charge in [0.05, 0.1) is 0 Å². The van der Waals surface area contributed by atoms with Crippen molar-refractivity contribution in [1.82, 2.24) is 0 Å². The highest BCUT2D eigenvalue weighted by molar-refractivity contribution is 5.29. The van der Waals surface area contributed by atoms with Crippen LogP contribution in [0.2, 0.25) is 0 Å². The Bertz CT molecular complexity index is 135. The molecular formula is C6H9NO. The van der Waals surface area contributed by atoms with Crippen LogP contribution in [-0.2, 0) is 0 Å². The molecule has 2 nitrogen and oxygen atoms in total. The van der Waals surface area contributed by atoms with Crippen LogP contribution in [0.4, 0.5) is 0 Å². The van der Waals surface area contributed by atoms with Gasteiger partial charge >= 0.3 is 0 Å². The molecule has 0 heterocycles. The summed E-state index contributed by atoms with van der Waals surface area (Å²) in [6.07, 6.45) is 1.45. The lowest BCUT2D eigenvalue weighted by molar-refractivity contribution is 0.426. The van der Waals surface area contributed by atoms with Crippen molar-refractivity contribution in [2.45, 2.75) is 6.92 Å². The highest BCUT2D eigenvalue weighted by atomic mass is 16.3. The van der Waals surface area contributed by atoms with Crippen molar-refractivity contribution in [2.24, 2.45) is 4.99 Å². The van der Waals surface area contributed by atoms with E-state index in [0.717, 1.165) is 0 Å². The van der Waals surface area contributed by atoms with Crippen LogP contribution in [0.25, 0.3) is 0 Å². The fourth-order valence-electron chi connectivity index (χ4n) is 0.211. The second-order valence-electron chi connectivity index (χ2n) is 1.44. The Labute approximate surface area is 48.9 Å². The van der Waals surface area contributed by atoms with Crippen molar-refractivity contribution < 1.29 is 5.11 Å². The van der Waals surface area contributed by atoms with Gasteiger partial charge in [0.1, 0.15) is 5.76 Å². The summed E-state index contributed by atoms with van der Waals surface area (Å²) in [4.78, 5) is 3.42. The van der Waals surface area contributed by atoms with Crippen LogP contribution in [0.1, 0.15) is 6.92 Å². The molecule has 0 saturated carbocycles. The molecule has 0 spiro atoms. The minimum absolute atomic E-state index is 0.0393. The molecule has 0 aromatic heterocycles. The van der Waals surface area contributed by atoms with Crippen LogP contribution in [0.15, 0.2) is 29.1 Å². The van der Waals surface area contributed by atoms with Gasteiger partial charge in [-0.15, -0.1) is 0 Å². The van der Waals surface area contributed by atoms with E-state index in [2.05, 4.69) is 18.3 Å². The lowest BCUT2D eigenvalue weighted by Crippen LogP contribution is -1.77. The normalized spacial score (nSPS) is 10.9. The van der Waals surface area contributed by atoms with Crippen LogP contribution in [-0.4, -0.2) is 11.8 Å². The first-order valence-electron chi connectivity index (χ1n) is 2.19. The molecule has 0 aromatic rings.